The predicted molar refractivity (Wildman–Crippen MR) is 71.9 cm³/mol. The van der Waals surface area contributed by atoms with E-state index in [4.69, 9.17) is 18.0 Å². The fourth-order valence-corrected chi connectivity index (χ4v) is 3.53. The van der Waals surface area contributed by atoms with Crippen molar-refractivity contribution in [2.45, 2.75) is 46.6 Å². The Morgan fingerprint density at radius 1 is 1.44 bits per heavy atom. The maximum atomic E-state index is 11.8. The number of thiocarbonyl (C=S) groups is 1. The second-order valence-corrected chi connectivity index (χ2v) is 7.41. The Kier molecular flexibility index (Phi) is 5.86. The first-order chi connectivity index (χ1) is 7.07. The molecule has 96 valence electrons. The molecule has 0 aliphatic rings. The fourth-order valence-electron chi connectivity index (χ4n) is 1.38. The maximum absolute atomic E-state index is 11.8. The molecule has 0 aromatic carbocycles. The molecule has 0 spiro atoms. The SMILES string of the molecule is CCCC(NS(=O)(=O)CC(C)(C)C)C(N)=S. The van der Waals surface area contributed by atoms with E-state index in [1.54, 1.807) is 0 Å². The molecule has 4 nitrogen and oxygen atoms in total. The summed E-state index contributed by atoms with van der Waals surface area (Å²) in [6, 6.07) is -0.424. The zero-order chi connectivity index (χ0) is 13.0. The van der Waals surface area contributed by atoms with E-state index in [1.165, 1.54) is 0 Å². The highest BCUT2D eigenvalue weighted by Crippen LogP contribution is 2.16. The smallest absolute Gasteiger partial charge is 0.212 e. The number of hydrogen-bond donors (Lipinski definition) is 2. The third-order valence-electron chi connectivity index (χ3n) is 1.87. The first kappa shape index (κ1) is 15.8. The standard InChI is InChI=1S/C10H22N2O2S2/c1-5-6-8(9(11)15)12-16(13,14)7-10(2,3)4/h8,12H,5-7H2,1-4H3,(H2,11,15). The van der Waals surface area contributed by atoms with Crippen molar-refractivity contribution in [1.29, 1.82) is 0 Å². The Hall–Kier alpha value is -0.200. The molecular formula is C10H22N2O2S2. The van der Waals surface area contributed by atoms with Gasteiger partial charge in [-0.15, -0.1) is 0 Å². The molecular weight excluding hydrogens is 244 g/mol. The van der Waals surface area contributed by atoms with Gasteiger partial charge in [0.2, 0.25) is 10.0 Å². The van der Waals surface area contributed by atoms with E-state index in [-0.39, 0.29) is 16.2 Å². The van der Waals surface area contributed by atoms with Gasteiger partial charge in [-0.2, -0.15) is 0 Å². The minimum absolute atomic E-state index is 0.0722. The van der Waals surface area contributed by atoms with Crippen LogP contribution in [0.4, 0.5) is 0 Å². The van der Waals surface area contributed by atoms with Gasteiger partial charge in [0, 0.05) is 0 Å². The second-order valence-electron chi connectivity index (χ2n) is 5.18. The van der Waals surface area contributed by atoms with Crippen LogP contribution in [0.3, 0.4) is 0 Å². The van der Waals surface area contributed by atoms with Crippen molar-refractivity contribution in [1.82, 2.24) is 4.72 Å². The van der Waals surface area contributed by atoms with E-state index >= 15 is 0 Å². The number of hydrogen-bond acceptors (Lipinski definition) is 3. The Labute approximate surface area is 104 Å². The number of rotatable bonds is 6. The number of nitrogens with two attached hydrogens (primary N) is 1. The largest absolute Gasteiger partial charge is 0.392 e. The van der Waals surface area contributed by atoms with Crippen LogP contribution in [0.5, 0.6) is 0 Å². The molecule has 0 fully saturated rings. The molecule has 6 heteroatoms. The Bertz CT molecular complexity index is 331. The molecule has 0 aliphatic carbocycles. The fraction of sp³-hybridized carbons (Fsp3) is 0.900. The highest BCUT2D eigenvalue weighted by atomic mass is 32.2. The number of sulfonamides is 1. The zero-order valence-corrected chi connectivity index (χ0v) is 12.0. The van der Waals surface area contributed by atoms with E-state index in [9.17, 15) is 8.42 Å². The molecule has 1 unspecified atom stereocenters. The Morgan fingerprint density at radius 3 is 2.25 bits per heavy atom. The first-order valence-corrected chi connectivity index (χ1v) is 7.43. The van der Waals surface area contributed by atoms with Gasteiger partial charge in [0.1, 0.15) is 0 Å². The lowest BCUT2D eigenvalue weighted by atomic mass is 10.0. The van der Waals surface area contributed by atoms with E-state index in [0.29, 0.717) is 6.42 Å². The monoisotopic (exact) mass is 266 g/mol. The molecule has 0 bridgehead atoms. The topological polar surface area (TPSA) is 72.2 Å². The van der Waals surface area contributed by atoms with Crippen molar-refractivity contribution >= 4 is 27.2 Å². The van der Waals surface area contributed by atoms with Gasteiger partial charge >= 0.3 is 0 Å². The summed E-state index contributed by atoms with van der Waals surface area (Å²) in [5.41, 5.74) is 5.22. The van der Waals surface area contributed by atoms with Crippen LogP contribution in [0, 0.1) is 5.41 Å². The molecule has 1 atom stereocenters. The molecule has 0 aliphatic heterocycles. The van der Waals surface area contributed by atoms with Gasteiger partial charge in [0.15, 0.2) is 0 Å². The maximum Gasteiger partial charge on any atom is 0.212 e. The van der Waals surface area contributed by atoms with Crippen molar-refractivity contribution in [2.24, 2.45) is 11.1 Å². The summed E-state index contributed by atoms with van der Waals surface area (Å²) in [6.45, 7) is 7.59. The van der Waals surface area contributed by atoms with Crippen molar-refractivity contribution in [3.8, 4) is 0 Å². The average molecular weight is 266 g/mol. The van der Waals surface area contributed by atoms with E-state index in [0.717, 1.165) is 6.42 Å². The van der Waals surface area contributed by atoms with Crippen molar-refractivity contribution < 1.29 is 8.42 Å². The number of nitrogens with one attached hydrogen (secondary N) is 1. The van der Waals surface area contributed by atoms with Gasteiger partial charge in [0.25, 0.3) is 0 Å². The molecule has 0 amide bonds. The summed E-state index contributed by atoms with van der Waals surface area (Å²) in [5.74, 6) is 0.0722. The molecule has 0 heterocycles. The normalized spacial score (nSPS) is 14.8. The van der Waals surface area contributed by atoms with Crippen LogP contribution < -0.4 is 10.5 Å². The lowest BCUT2D eigenvalue weighted by molar-refractivity contribution is 0.456. The third-order valence-corrected chi connectivity index (χ3v) is 4.04. The van der Waals surface area contributed by atoms with Gasteiger partial charge in [-0.3, -0.25) is 0 Å². The molecule has 0 rings (SSSR count). The van der Waals surface area contributed by atoms with Gasteiger partial charge in [-0.1, -0.05) is 46.3 Å². The Morgan fingerprint density at radius 2 is 1.94 bits per heavy atom. The second kappa shape index (κ2) is 5.93. The van der Waals surface area contributed by atoms with Gasteiger partial charge < -0.3 is 5.73 Å². The van der Waals surface area contributed by atoms with Crippen molar-refractivity contribution in [3.63, 3.8) is 0 Å². The molecule has 0 saturated heterocycles. The van der Waals surface area contributed by atoms with Crippen LogP contribution in [0.2, 0.25) is 0 Å². The minimum Gasteiger partial charge on any atom is -0.392 e. The van der Waals surface area contributed by atoms with E-state index in [2.05, 4.69) is 4.72 Å². The van der Waals surface area contributed by atoms with Crippen LogP contribution in [-0.4, -0.2) is 25.2 Å². The van der Waals surface area contributed by atoms with Gasteiger partial charge in [-0.05, 0) is 11.8 Å². The summed E-state index contributed by atoms with van der Waals surface area (Å²) < 4.78 is 26.2. The molecule has 0 radical (unpaired) electrons. The highest BCUT2D eigenvalue weighted by Gasteiger charge is 2.25. The summed E-state index contributed by atoms with van der Waals surface area (Å²) >= 11 is 4.84. The summed E-state index contributed by atoms with van der Waals surface area (Å²) in [5, 5.41) is 0. The van der Waals surface area contributed by atoms with Gasteiger partial charge in [-0.25, -0.2) is 13.1 Å². The molecule has 3 N–H and O–H groups in total. The lowest BCUT2D eigenvalue weighted by Gasteiger charge is -2.22. The molecule has 0 saturated carbocycles. The molecule has 0 aromatic rings. The predicted octanol–water partition coefficient (Wildman–Crippen LogP) is 1.41. The van der Waals surface area contributed by atoms with Crippen molar-refractivity contribution in [3.05, 3.63) is 0 Å². The lowest BCUT2D eigenvalue weighted by Crippen LogP contribution is -2.45. The molecule has 16 heavy (non-hydrogen) atoms. The summed E-state index contributed by atoms with van der Waals surface area (Å²) in [7, 11) is -3.32. The Balaban J connectivity index is 4.61. The molecule has 0 aromatic heterocycles. The van der Waals surface area contributed by atoms with Crippen molar-refractivity contribution in [2.75, 3.05) is 5.75 Å². The van der Waals surface area contributed by atoms with Crippen LogP contribution in [-0.2, 0) is 10.0 Å². The van der Waals surface area contributed by atoms with Crippen LogP contribution in [0.25, 0.3) is 0 Å². The summed E-state index contributed by atoms with van der Waals surface area (Å²) in [6.07, 6.45) is 1.47. The van der Waals surface area contributed by atoms with Gasteiger partial charge in [0.05, 0.1) is 16.8 Å². The zero-order valence-electron chi connectivity index (χ0n) is 10.4. The van der Waals surface area contributed by atoms with E-state index in [1.807, 2.05) is 27.7 Å². The minimum atomic E-state index is -3.32. The third kappa shape index (κ3) is 7.14. The summed E-state index contributed by atoms with van der Waals surface area (Å²) in [4.78, 5) is 0.208. The van der Waals surface area contributed by atoms with Crippen LogP contribution in [0.1, 0.15) is 40.5 Å². The van der Waals surface area contributed by atoms with Crippen LogP contribution >= 0.6 is 12.2 Å². The van der Waals surface area contributed by atoms with E-state index < -0.39 is 16.1 Å². The quantitative estimate of drug-likeness (QED) is 0.713. The van der Waals surface area contributed by atoms with Crippen LogP contribution in [0.15, 0.2) is 0 Å². The first-order valence-electron chi connectivity index (χ1n) is 5.37. The highest BCUT2D eigenvalue weighted by molar-refractivity contribution is 7.89. The average Bonchev–Trinajstić information content (AvgIpc) is 1.97.